The van der Waals surface area contributed by atoms with Crippen LogP contribution in [0.3, 0.4) is 0 Å². The SMILES string of the molecule is O=C(Cn1nnc(-c2ccccc2)n1)Nc1ccccc1CN1CCCC1. The van der Waals surface area contributed by atoms with Gasteiger partial charge in [-0.05, 0) is 42.8 Å². The lowest BCUT2D eigenvalue weighted by molar-refractivity contribution is -0.117. The molecule has 0 radical (unpaired) electrons. The van der Waals surface area contributed by atoms with Gasteiger partial charge in [0.05, 0.1) is 0 Å². The van der Waals surface area contributed by atoms with E-state index >= 15 is 0 Å². The Kier molecular flexibility index (Phi) is 5.20. The van der Waals surface area contributed by atoms with Gasteiger partial charge in [0, 0.05) is 17.8 Å². The molecule has 1 amide bonds. The number of hydrogen-bond donors (Lipinski definition) is 1. The van der Waals surface area contributed by atoms with E-state index in [-0.39, 0.29) is 12.5 Å². The molecule has 1 aliphatic rings. The normalized spacial score (nSPS) is 14.4. The minimum absolute atomic E-state index is 0.0257. The summed E-state index contributed by atoms with van der Waals surface area (Å²) in [6.07, 6.45) is 2.49. The van der Waals surface area contributed by atoms with Crippen LogP contribution in [0.25, 0.3) is 11.4 Å². The van der Waals surface area contributed by atoms with Gasteiger partial charge in [0.15, 0.2) is 0 Å². The highest BCUT2D eigenvalue weighted by Gasteiger charge is 2.15. The van der Waals surface area contributed by atoms with Gasteiger partial charge in [-0.2, -0.15) is 4.80 Å². The summed E-state index contributed by atoms with van der Waals surface area (Å²) in [5.74, 6) is 0.346. The zero-order valence-electron chi connectivity index (χ0n) is 15.1. The van der Waals surface area contributed by atoms with Crippen molar-refractivity contribution >= 4 is 11.6 Å². The van der Waals surface area contributed by atoms with Crippen LogP contribution in [0.1, 0.15) is 18.4 Å². The maximum Gasteiger partial charge on any atom is 0.248 e. The van der Waals surface area contributed by atoms with Crippen LogP contribution >= 0.6 is 0 Å². The average molecular weight is 362 g/mol. The molecule has 0 aliphatic carbocycles. The Balaban J connectivity index is 1.40. The molecule has 7 nitrogen and oxygen atoms in total. The van der Waals surface area contributed by atoms with E-state index in [1.54, 1.807) is 0 Å². The van der Waals surface area contributed by atoms with Crippen LogP contribution in [0.4, 0.5) is 5.69 Å². The summed E-state index contributed by atoms with van der Waals surface area (Å²) >= 11 is 0. The van der Waals surface area contributed by atoms with Crippen LogP contribution in [-0.4, -0.2) is 44.1 Å². The maximum absolute atomic E-state index is 12.5. The molecular weight excluding hydrogens is 340 g/mol. The summed E-state index contributed by atoms with van der Waals surface area (Å²) < 4.78 is 0. The number of anilines is 1. The number of rotatable bonds is 6. The second kappa shape index (κ2) is 8.09. The summed E-state index contributed by atoms with van der Waals surface area (Å²) in [6, 6.07) is 17.5. The number of nitrogens with one attached hydrogen (secondary N) is 1. The molecule has 0 saturated carbocycles. The lowest BCUT2D eigenvalue weighted by Gasteiger charge is -2.17. The van der Waals surface area contributed by atoms with Crippen LogP contribution in [-0.2, 0) is 17.9 Å². The van der Waals surface area contributed by atoms with E-state index in [1.165, 1.54) is 17.6 Å². The average Bonchev–Trinajstić information content (AvgIpc) is 3.36. The molecule has 0 atom stereocenters. The second-order valence-electron chi connectivity index (χ2n) is 6.70. The number of nitrogens with zero attached hydrogens (tertiary/aromatic N) is 5. The number of likely N-dealkylation sites (tertiary alicyclic amines) is 1. The molecule has 1 saturated heterocycles. The molecule has 1 N–H and O–H groups in total. The lowest BCUT2D eigenvalue weighted by Crippen LogP contribution is -2.23. The van der Waals surface area contributed by atoms with E-state index < -0.39 is 0 Å². The highest BCUT2D eigenvalue weighted by atomic mass is 16.2. The van der Waals surface area contributed by atoms with E-state index in [4.69, 9.17) is 0 Å². The van der Waals surface area contributed by atoms with Crippen molar-refractivity contribution in [2.75, 3.05) is 18.4 Å². The molecular formula is C20H22N6O. The van der Waals surface area contributed by atoms with Crippen molar-refractivity contribution < 1.29 is 4.79 Å². The number of carbonyl (C=O) groups is 1. The standard InChI is InChI=1S/C20H22N6O/c27-19(15-26-23-20(22-24-26)16-8-2-1-3-9-16)21-18-11-5-4-10-17(18)14-25-12-6-7-13-25/h1-5,8-11H,6-7,12-15H2,(H,21,27). The van der Waals surface area contributed by atoms with Crippen LogP contribution in [0, 0.1) is 0 Å². The van der Waals surface area contributed by atoms with E-state index in [1.807, 2.05) is 48.5 Å². The van der Waals surface area contributed by atoms with Gasteiger partial charge in [0.25, 0.3) is 0 Å². The van der Waals surface area contributed by atoms with Gasteiger partial charge in [-0.15, -0.1) is 10.2 Å². The minimum Gasteiger partial charge on any atom is -0.324 e. The van der Waals surface area contributed by atoms with E-state index in [0.717, 1.165) is 36.4 Å². The highest BCUT2D eigenvalue weighted by Crippen LogP contribution is 2.20. The van der Waals surface area contributed by atoms with Crippen LogP contribution < -0.4 is 5.32 Å². The molecule has 7 heteroatoms. The third-order valence-corrected chi connectivity index (χ3v) is 4.65. The van der Waals surface area contributed by atoms with Gasteiger partial charge in [-0.3, -0.25) is 9.69 Å². The number of para-hydroxylation sites is 1. The summed E-state index contributed by atoms with van der Waals surface area (Å²) in [6.45, 7) is 3.12. The van der Waals surface area contributed by atoms with Gasteiger partial charge in [0.1, 0.15) is 6.54 Å². The molecule has 1 fully saturated rings. The van der Waals surface area contributed by atoms with Gasteiger partial charge >= 0.3 is 0 Å². The fourth-order valence-corrected chi connectivity index (χ4v) is 3.29. The van der Waals surface area contributed by atoms with Crippen LogP contribution in [0.15, 0.2) is 54.6 Å². The van der Waals surface area contributed by atoms with Crippen molar-refractivity contribution in [1.29, 1.82) is 0 Å². The summed E-state index contributed by atoms with van der Waals surface area (Å²) in [4.78, 5) is 16.2. The first-order valence-corrected chi connectivity index (χ1v) is 9.21. The molecule has 27 heavy (non-hydrogen) atoms. The highest BCUT2D eigenvalue weighted by molar-refractivity contribution is 5.91. The summed E-state index contributed by atoms with van der Waals surface area (Å²) in [5, 5.41) is 15.3. The number of carbonyl (C=O) groups excluding carboxylic acids is 1. The van der Waals surface area contributed by atoms with Crippen molar-refractivity contribution in [2.24, 2.45) is 0 Å². The molecule has 138 valence electrons. The number of tetrazole rings is 1. The summed E-state index contributed by atoms with van der Waals surface area (Å²) in [5.41, 5.74) is 2.85. The zero-order chi connectivity index (χ0) is 18.5. The fourth-order valence-electron chi connectivity index (χ4n) is 3.29. The predicted octanol–water partition coefficient (Wildman–Crippen LogP) is 2.57. The molecule has 4 rings (SSSR count). The quantitative estimate of drug-likeness (QED) is 0.729. The van der Waals surface area contributed by atoms with Gasteiger partial charge in [-0.1, -0.05) is 48.5 Å². The van der Waals surface area contributed by atoms with Crippen molar-refractivity contribution in [3.63, 3.8) is 0 Å². The van der Waals surface area contributed by atoms with Gasteiger partial charge < -0.3 is 5.32 Å². The molecule has 0 bridgehead atoms. The Morgan fingerprint density at radius 3 is 2.56 bits per heavy atom. The molecule has 1 aromatic heterocycles. The van der Waals surface area contributed by atoms with Crippen molar-refractivity contribution in [1.82, 2.24) is 25.1 Å². The first-order valence-electron chi connectivity index (χ1n) is 9.21. The third-order valence-electron chi connectivity index (χ3n) is 4.65. The topological polar surface area (TPSA) is 75.9 Å². The minimum atomic E-state index is -0.166. The van der Waals surface area contributed by atoms with Crippen LogP contribution in [0.5, 0.6) is 0 Å². The monoisotopic (exact) mass is 362 g/mol. The second-order valence-corrected chi connectivity index (χ2v) is 6.70. The lowest BCUT2D eigenvalue weighted by atomic mass is 10.1. The number of hydrogen-bond acceptors (Lipinski definition) is 5. The smallest absolute Gasteiger partial charge is 0.248 e. The zero-order valence-corrected chi connectivity index (χ0v) is 15.1. The Morgan fingerprint density at radius 1 is 1.00 bits per heavy atom. The van der Waals surface area contributed by atoms with Crippen molar-refractivity contribution in [3.05, 3.63) is 60.2 Å². The first-order chi connectivity index (χ1) is 13.3. The Morgan fingerprint density at radius 2 is 1.74 bits per heavy atom. The van der Waals surface area contributed by atoms with Crippen molar-refractivity contribution in [3.8, 4) is 11.4 Å². The van der Waals surface area contributed by atoms with E-state index in [2.05, 4.69) is 31.7 Å². The molecule has 0 unspecified atom stereocenters. The Hall–Kier alpha value is -3.06. The Labute approximate surface area is 158 Å². The first kappa shape index (κ1) is 17.4. The molecule has 1 aliphatic heterocycles. The van der Waals surface area contributed by atoms with Gasteiger partial charge in [-0.25, -0.2) is 0 Å². The predicted molar refractivity (Wildman–Crippen MR) is 103 cm³/mol. The number of benzene rings is 2. The fraction of sp³-hybridized carbons (Fsp3) is 0.300. The molecule has 2 aromatic carbocycles. The third kappa shape index (κ3) is 4.38. The summed E-state index contributed by atoms with van der Waals surface area (Å²) in [7, 11) is 0. The van der Waals surface area contributed by atoms with E-state index in [9.17, 15) is 4.79 Å². The maximum atomic E-state index is 12.5. The van der Waals surface area contributed by atoms with Crippen molar-refractivity contribution in [2.45, 2.75) is 25.9 Å². The Bertz CT molecular complexity index is 902. The number of amides is 1. The molecule has 0 spiro atoms. The molecule has 2 heterocycles. The largest absolute Gasteiger partial charge is 0.324 e. The van der Waals surface area contributed by atoms with E-state index in [0.29, 0.717) is 5.82 Å². The van der Waals surface area contributed by atoms with Crippen LogP contribution in [0.2, 0.25) is 0 Å². The van der Waals surface area contributed by atoms with Gasteiger partial charge in [0.2, 0.25) is 11.7 Å². The number of aromatic nitrogens is 4. The molecule has 3 aromatic rings.